The van der Waals surface area contributed by atoms with Crippen LogP contribution in [0.3, 0.4) is 0 Å². The smallest absolute Gasteiger partial charge is 0.276 e. The number of nitrogens with zero attached hydrogens (tertiary/aromatic N) is 6. The summed E-state index contributed by atoms with van der Waals surface area (Å²) in [6.45, 7) is 10.3. The molecular formula is C35H47FN8O5. The first-order valence-corrected chi connectivity index (χ1v) is 17.2. The molecule has 0 bridgehead atoms. The first kappa shape index (κ1) is 35.8. The first-order valence-electron chi connectivity index (χ1n) is 17.2. The van der Waals surface area contributed by atoms with E-state index in [0.29, 0.717) is 49.9 Å². The van der Waals surface area contributed by atoms with Crippen LogP contribution in [0.2, 0.25) is 0 Å². The van der Waals surface area contributed by atoms with Crippen molar-refractivity contribution in [3.8, 4) is 0 Å². The molecule has 2 aromatic heterocycles. The summed E-state index contributed by atoms with van der Waals surface area (Å²) in [6.07, 6.45) is 4.84. The van der Waals surface area contributed by atoms with Gasteiger partial charge >= 0.3 is 0 Å². The van der Waals surface area contributed by atoms with Crippen molar-refractivity contribution in [3.05, 3.63) is 64.5 Å². The van der Waals surface area contributed by atoms with Crippen molar-refractivity contribution < 1.29 is 28.2 Å². The number of halogens is 1. The molecular weight excluding hydrogens is 631 g/mol. The molecule has 1 saturated carbocycles. The molecule has 1 aliphatic carbocycles. The number of likely N-dealkylation sites (N-methyl/N-ethyl adjacent to an activating group) is 1. The van der Waals surface area contributed by atoms with Gasteiger partial charge in [-0.15, -0.1) is 0 Å². The lowest BCUT2D eigenvalue weighted by Gasteiger charge is -2.36. The van der Waals surface area contributed by atoms with Gasteiger partial charge in [0, 0.05) is 51.3 Å². The summed E-state index contributed by atoms with van der Waals surface area (Å²) in [7, 11) is 1.98. The van der Waals surface area contributed by atoms with Gasteiger partial charge in [-0.2, -0.15) is 5.10 Å². The molecule has 3 atom stereocenters. The second kappa shape index (κ2) is 15.8. The molecule has 0 radical (unpaired) electrons. The van der Waals surface area contributed by atoms with Gasteiger partial charge in [0.15, 0.2) is 11.5 Å². The van der Waals surface area contributed by atoms with Gasteiger partial charge in [0.2, 0.25) is 5.91 Å². The highest BCUT2D eigenvalue weighted by molar-refractivity contribution is 5.98. The highest BCUT2D eigenvalue weighted by atomic mass is 19.1. The van der Waals surface area contributed by atoms with E-state index in [1.165, 1.54) is 6.07 Å². The number of Topliss-reactive ketones (excluding diaryl/α,β-unsaturated/α-hetero) is 1. The summed E-state index contributed by atoms with van der Waals surface area (Å²) in [4.78, 5) is 57.9. The predicted molar refractivity (Wildman–Crippen MR) is 178 cm³/mol. The zero-order valence-electron chi connectivity index (χ0n) is 28.9. The number of aryl methyl sites for hydroxylation is 2. The van der Waals surface area contributed by atoms with Crippen molar-refractivity contribution >= 4 is 23.5 Å². The number of piperazine rings is 1. The van der Waals surface area contributed by atoms with E-state index in [0.717, 1.165) is 25.7 Å². The van der Waals surface area contributed by atoms with Crippen molar-refractivity contribution in [1.82, 2.24) is 40.5 Å². The van der Waals surface area contributed by atoms with E-state index in [2.05, 4.69) is 42.5 Å². The Morgan fingerprint density at radius 1 is 1.00 bits per heavy atom. The molecule has 3 heterocycles. The molecule has 0 spiro atoms. The Bertz CT molecular complexity index is 1640. The Balaban J connectivity index is 1.35. The third-order valence-electron chi connectivity index (χ3n) is 10.1. The number of carbonyl (C=O) groups is 4. The van der Waals surface area contributed by atoms with E-state index in [-0.39, 0.29) is 46.9 Å². The third kappa shape index (κ3) is 8.41. The zero-order chi connectivity index (χ0) is 35.2. The Kier molecular flexibility index (Phi) is 11.6. The summed E-state index contributed by atoms with van der Waals surface area (Å²) in [5.41, 5.74) is 1.30. The number of carbonyl (C=O) groups excluding carboxylic acids is 4. The molecule has 264 valence electrons. The van der Waals surface area contributed by atoms with Gasteiger partial charge in [-0.05, 0) is 74.0 Å². The fourth-order valence-corrected chi connectivity index (χ4v) is 6.82. The van der Waals surface area contributed by atoms with E-state index in [1.807, 2.05) is 14.0 Å². The molecule has 14 heteroatoms. The Hall–Kier alpha value is -4.46. The minimum absolute atomic E-state index is 0.0309. The van der Waals surface area contributed by atoms with Crippen LogP contribution in [0.15, 0.2) is 35.1 Å². The van der Waals surface area contributed by atoms with Crippen LogP contribution in [0.25, 0.3) is 0 Å². The standard InChI is InChI=1S/C35H47FN8O5/c1-6-44-28(13-14-37-44)33(46)39-32(24-9-7-21(2)8-10-24)29(45)20-26-12-11-25(19-27(26)36)22(3)30(35(48)43-17-15-42(5)16-18-43)38-34(47)31-23(4)40-49-41-31/h11-14,19,21-22,24,30,32H,6-10,15-18,20H2,1-5H3,(H,38,47)(H,39,46)/t21?,22-,24?,30+,32-/m0/s1. The van der Waals surface area contributed by atoms with E-state index in [1.54, 1.807) is 47.8 Å². The molecule has 2 fully saturated rings. The summed E-state index contributed by atoms with van der Waals surface area (Å²) in [5.74, 6) is -2.28. The van der Waals surface area contributed by atoms with Crippen molar-refractivity contribution in [2.75, 3.05) is 33.2 Å². The summed E-state index contributed by atoms with van der Waals surface area (Å²) >= 11 is 0. The third-order valence-corrected chi connectivity index (χ3v) is 10.1. The zero-order valence-corrected chi connectivity index (χ0v) is 28.9. The van der Waals surface area contributed by atoms with Crippen LogP contribution in [0.5, 0.6) is 0 Å². The van der Waals surface area contributed by atoms with Gasteiger partial charge in [-0.1, -0.05) is 44.0 Å². The number of ketones is 1. The van der Waals surface area contributed by atoms with Crippen molar-refractivity contribution in [3.63, 3.8) is 0 Å². The quantitative estimate of drug-likeness (QED) is 0.294. The van der Waals surface area contributed by atoms with Gasteiger partial charge in [-0.3, -0.25) is 23.9 Å². The number of aromatic nitrogens is 4. The fraction of sp³-hybridized carbons (Fsp3) is 0.571. The van der Waals surface area contributed by atoms with Gasteiger partial charge < -0.3 is 20.4 Å². The number of hydrogen-bond acceptors (Lipinski definition) is 9. The number of rotatable bonds is 12. The maximum Gasteiger partial charge on any atom is 0.276 e. The molecule has 5 rings (SSSR count). The number of hydrogen-bond donors (Lipinski definition) is 2. The number of amides is 3. The van der Waals surface area contributed by atoms with Gasteiger partial charge in [0.25, 0.3) is 11.8 Å². The SMILES string of the molecule is CCn1nccc1C(=O)N[C@H](C(=O)Cc1ccc([C@H](C)[C@@H](NC(=O)c2nonc2C)C(=O)N2CCN(C)CC2)cc1F)C1CCC(C)CC1. The van der Waals surface area contributed by atoms with Gasteiger partial charge in [0.1, 0.15) is 23.2 Å². The van der Waals surface area contributed by atoms with Crippen LogP contribution in [0.4, 0.5) is 4.39 Å². The van der Waals surface area contributed by atoms with Crippen LogP contribution < -0.4 is 10.6 Å². The van der Waals surface area contributed by atoms with E-state index in [9.17, 15) is 19.2 Å². The molecule has 2 N–H and O–H groups in total. The van der Waals surface area contributed by atoms with Crippen LogP contribution in [-0.4, -0.2) is 98.7 Å². The molecule has 13 nitrogen and oxygen atoms in total. The fourth-order valence-electron chi connectivity index (χ4n) is 6.82. The normalized spacial score (nSPS) is 20.3. The summed E-state index contributed by atoms with van der Waals surface area (Å²) < 4.78 is 22.1. The molecule has 1 aromatic carbocycles. The molecule has 1 aliphatic heterocycles. The number of nitrogens with one attached hydrogen (secondary N) is 2. The summed E-state index contributed by atoms with van der Waals surface area (Å²) in [6, 6.07) is 4.39. The Morgan fingerprint density at radius 2 is 1.71 bits per heavy atom. The molecule has 0 unspecified atom stereocenters. The second-order valence-electron chi connectivity index (χ2n) is 13.6. The minimum Gasteiger partial charge on any atom is -0.341 e. The molecule has 3 aromatic rings. The lowest BCUT2D eigenvalue weighted by molar-refractivity contribution is -0.135. The monoisotopic (exact) mass is 678 g/mol. The van der Waals surface area contributed by atoms with Crippen LogP contribution in [0.1, 0.15) is 90.2 Å². The van der Waals surface area contributed by atoms with E-state index >= 15 is 4.39 Å². The van der Waals surface area contributed by atoms with Gasteiger partial charge in [-0.25, -0.2) is 9.02 Å². The second-order valence-corrected chi connectivity index (χ2v) is 13.6. The topological polar surface area (TPSA) is 156 Å². The Morgan fingerprint density at radius 3 is 2.35 bits per heavy atom. The average Bonchev–Trinajstić information content (AvgIpc) is 3.76. The first-order chi connectivity index (χ1) is 23.5. The van der Waals surface area contributed by atoms with E-state index in [4.69, 9.17) is 0 Å². The lowest BCUT2D eigenvalue weighted by Crippen LogP contribution is -2.55. The summed E-state index contributed by atoms with van der Waals surface area (Å²) in [5, 5.41) is 17.3. The molecule has 3 amide bonds. The van der Waals surface area contributed by atoms with Crippen LogP contribution in [0, 0.1) is 24.6 Å². The van der Waals surface area contributed by atoms with Crippen LogP contribution in [-0.2, 0) is 22.6 Å². The molecule has 1 saturated heterocycles. The Labute approximate surface area is 285 Å². The molecule has 49 heavy (non-hydrogen) atoms. The van der Waals surface area contributed by atoms with E-state index < -0.39 is 29.7 Å². The van der Waals surface area contributed by atoms with Gasteiger partial charge in [0.05, 0.1) is 6.04 Å². The van der Waals surface area contributed by atoms with Crippen molar-refractivity contribution in [1.29, 1.82) is 0 Å². The maximum absolute atomic E-state index is 15.8. The van der Waals surface area contributed by atoms with Crippen LogP contribution >= 0.6 is 0 Å². The largest absolute Gasteiger partial charge is 0.341 e. The lowest BCUT2D eigenvalue weighted by atomic mass is 9.77. The predicted octanol–water partition coefficient (Wildman–Crippen LogP) is 3.15. The molecule has 2 aliphatic rings. The average molecular weight is 679 g/mol. The van der Waals surface area contributed by atoms with Crippen molar-refractivity contribution in [2.24, 2.45) is 11.8 Å². The highest BCUT2D eigenvalue weighted by Crippen LogP contribution is 2.32. The minimum atomic E-state index is -1.02. The number of benzene rings is 1. The highest BCUT2D eigenvalue weighted by Gasteiger charge is 2.36. The maximum atomic E-state index is 15.8. The van der Waals surface area contributed by atoms with Crippen molar-refractivity contribution in [2.45, 2.75) is 84.3 Å².